The van der Waals surface area contributed by atoms with Gasteiger partial charge in [-0.15, -0.1) is 0 Å². The summed E-state index contributed by atoms with van der Waals surface area (Å²) in [5, 5.41) is 1.47. The van der Waals surface area contributed by atoms with Gasteiger partial charge >= 0.3 is 0 Å². The van der Waals surface area contributed by atoms with Gasteiger partial charge < -0.3 is 0 Å². The lowest BCUT2D eigenvalue weighted by molar-refractivity contribution is 0.596. The van der Waals surface area contributed by atoms with Gasteiger partial charge in [0.2, 0.25) is 0 Å². The number of hydrogen-bond acceptors (Lipinski definition) is 3. The summed E-state index contributed by atoms with van der Waals surface area (Å²) in [5.74, 6) is 0.402. The number of benzene rings is 2. The molecule has 0 aliphatic rings. The first kappa shape index (κ1) is 17.3. The Kier molecular flexibility index (Phi) is 4.62. The van der Waals surface area contributed by atoms with Crippen LogP contribution < -0.4 is 0 Å². The van der Waals surface area contributed by atoms with Gasteiger partial charge in [0.25, 0.3) is 0 Å². The maximum absolute atomic E-state index is 12.1. The van der Waals surface area contributed by atoms with Crippen molar-refractivity contribution in [1.82, 2.24) is 9.55 Å². The third-order valence-electron chi connectivity index (χ3n) is 3.37. The first-order chi connectivity index (χ1) is 11.3. The monoisotopic (exact) mass is 400 g/mol. The van der Waals surface area contributed by atoms with Gasteiger partial charge in [-0.25, -0.2) is 13.4 Å². The van der Waals surface area contributed by atoms with E-state index in [4.69, 9.17) is 34.8 Å². The summed E-state index contributed by atoms with van der Waals surface area (Å²) >= 11 is 18.1. The summed E-state index contributed by atoms with van der Waals surface area (Å²) in [5.41, 5.74) is 1.18. The number of rotatable bonds is 3. The van der Waals surface area contributed by atoms with E-state index in [0.29, 0.717) is 32.1 Å². The zero-order valence-corrected chi connectivity index (χ0v) is 15.5. The Morgan fingerprint density at radius 2 is 1.58 bits per heavy atom. The van der Waals surface area contributed by atoms with Gasteiger partial charge in [-0.2, -0.15) is 0 Å². The van der Waals surface area contributed by atoms with Crippen molar-refractivity contribution in [2.24, 2.45) is 0 Å². The zero-order valence-electron chi connectivity index (χ0n) is 12.4. The van der Waals surface area contributed by atoms with Crippen molar-refractivity contribution < 1.29 is 8.42 Å². The minimum atomic E-state index is -3.50. The van der Waals surface area contributed by atoms with Gasteiger partial charge in [-0.3, -0.25) is 4.57 Å². The smallest absolute Gasteiger partial charge is 0.192 e. The highest BCUT2D eigenvalue weighted by atomic mass is 35.5. The van der Waals surface area contributed by atoms with Crippen LogP contribution in [0.4, 0.5) is 0 Å². The van der Waals surface area contributed by atoms with E-state index in [-0.39, 0.29) is 5.03 Å². The minimum absolute atomic E-state index is 0.0610. The predicted molar refractivity (Wildman–Crippen MR) is 97.1 cm³/mol. The fraction of sp³-hybridized carbons (Fsp3) is 0.0625. The second-order valence-corrected chi connectivity index (χ2v) is 8.37. The van der Waals surface area contributed by atoms with Crippen LogP contribution in [0.25, 0.3) is 17.1 Å². The van der Waals surface area contributed by atoms with Crippen LogP contribution in [0.2, 0.25) is 15.1 Å². The second kappa shape index (κ2) is 6.41. The Labute approximate surface area is 154 Å². The first-order valence-electron chi connectivity index (χ1n) is 6.76. The van der Waals surface area contributed by atoms with E-state index in [2.05, 4.69) is 4.98 Å². The molecule has 0 atom stereocenters. The Hall–Kier alpha value is -1.53. The van der Waals surface area contributed by atoms with Crippen molar-refractivity contribution in [3.63, 3.8) is 0 Å². The fourth-order valence-electron chi connectivity index (χ4n) is 2.30. The molecule has 1 aromatic heterocycles. The molecule has 2 aromatic carbocycles. The molecule has 0 radical (unpaired) electrons. The van der Waals surface area contributed by atoms with Gasteiger partial charge in [0, 0.05) is 27.6 Å². The molecular formula is C16H11Cl3N2O2S. The Morgan fingerprint density at radius 3 is 2.17 bits per heavy atom. The Balaban J connectivity index is 2.32. The Bertz CT molecular complexity index is 1010. The summed E-state index contributed by atoms with van der Waals surface area (Å²) in [6.45, 7) is 0. The van der Waals surface area contributed by atoms with Crippen LogP contribution in [-0.4, -0.2) is 24.2 Å². The Morgan fingerprint density at radius 1 is 0.958 bits per heavy atom. The van der Waals surface area contributed by atoms with Crippen molar-refractivity contribution in [2.45, 2.75) is 5.03 Å². The average molecular weight is 402 g/mol. The van der Waals surface area contributed by atoms with Gasteiger partial charge in [-0.1, -0.05) is 34.8 Å². The van der Waals surface area contributed by atoms with Crippen LogP contribution in [0.3, 0.4) is 0 Å². The van der Waals surface area contributed by atoms with E-state index in [0.717, 1.165) is 6.26 Å². The third kappa shape index (κ3) is 3.30. The molecule has 0 saturated carbocycles. The van der Waals surface area contributed by atoms with Crippen LogP contribution in [0, 0.1) is 0 Å². The van der Waals surface area contributed by atoms with Crippen LogP contribution in [0.15, 0.2) is 53.7 Å². The normalized spacial score (nSPS) is 11.7. The van der Waals surface area contributed by atoms with E-state index in [1.54, 1.807) is 42.5 Å². The number of halogens is 3. The zero-order chi connectivity index (χ0) is 17.5. The molecule has 3 rings (SSSR count). The molecule has 0 aliphatic heterocycles. The molecule has 0 N–H and O–H groups in total. The maximum atomic E-state index is 12.1. The topological polar surface area (TPSA) is 52.0 Å². The molecule has 0 aliphatic carbocycles. The number of aromatic nitrogens is 2. The molecule has 124 valence electrons. The van der Waals surface area contributed by atoms with Crippen LogP contribution in [0.5, 0.6) is 0 Å². The molecule has 0 saturated heterocycles. The van der Waals surface area contributed by atoms with Crippen molar-refractivity contribution in [2.75, 3.05) is 6.26 Å². The number of nitrogens with zero attached hydrogens (tertiary/aromatic N) is 2. The molecule has 0 bridgehead atoms. The van der Waals surface area contributed by atoms with E-state index < -0.39 is 9.84 Å². The van der Waals surface area contributed by atoms with Crippen LogP contribution in [0.1, 0.15) is 0 Å². The molecule has 8 heteroatoms. The van der Waals surface area contributed by atoms with Crippen molar-refractivity contribution >= 4 is 44.6 Å². The predicted octanol–water partition coefficient (Wildman–Crippen LogP) is 4.90. The highest BCUT2D eigenvalue weighted by molar-refractivity contribution is 7.90. The molecule has 0 spiro atoms. The lowest BCUT2D eigenvalue weighted by atomic mass is 10.2. The van der Waals surface area contributed by atoms with Crippen molar-refractivity contribution in [3.8, 4) is 17.1 Å². The molecule has 24 heavy (non-hydrogen) atoms. The van der Waals surface area contributed by atoms with Crippen molar-refractivity contribution in [3.05, 3.63) is 63.7 Å². The standard InChI is InChI=1S/C16H11Cl3N2O2S/c1-24(22,23)15-9-20-16(13-7-4-11(18)8-14(13)19)21(15)12-5-2-10(17)3-6-12/h2-9H,1H3. The quantitative estimate of drug-likeness (QED) is 0.627. The molecule has 0 amide bonds. The van der Waals surface area contributed by atoms with E-state index >= 15 is 0 Å². The number of hydrogen-bond donors (Lipinski definition) is 0. The molecule has 4 nitrogen and oxygen atoms in total. The maximum Gasteiger partial charge on any atom is 0.192 e. The lowest BCUT2D eigenvalue weighted by Gasteiger charge is -2.12. The number of imidazole rings is 1. The second-order valence-electron chi connectivity index (χ2n) is 5.13. The average Bonchev–Trinajstić information content (AvgIpc) is 2.93. The number of sulfone groups is 1. The highest BCUT2D eigenvalue weighted by Gasteiger charge is 2.21. The van der Waals surface area contributed by atoms with Gasteiger partial charge in [0.1, 0.15) is 5.82 Å². The first-order valence-corrected chi connectivity index (χ1v) is 9.79. The fourth-order valence-corrected chi connectivity index (χ4v) is 3.68. The highest BCUT2D eigenvalue weighted by Crippen LogP contribution is 2.33. The largest absolute Gasteiger partial charge is 0.283 e. The minimum Gasteiger partial charge on any atom is -0.283 e. The summed E-state index contributed by atoms with van der Waals surface area (Å²) in [6.07, 6.45) is 2.44. The molecule has 0 unspecified atom stereocenters. The lowest BCUT2D eigenvalue weighted by Crippen LogP contribution is -2.07. The summed E-state index contributed by atoms with van der Waals surface area (Å²) < 4.78 is 25.8. The van der Waals surface area contributed by atoms with Crippen molar-refractivity contribution in [1.29, 1.82) is 0 Å². The van der Waals surface area contributed by atoms with Gasteiger partial charge in [-0.05, 0) is 42.5 Å². The van der Waals surface area contributed by atoms with Crippen LogP contribution >= 0.6 is 34.8 Å². The van der Waals surface area contributed by atoms with Gasteiger partial charge in [0.15, 0.2) is 14.9 Å². The van der Waals surface area contributed by atoms with Gasteiger partial charge in [0.05, 0.1) is 11.2 Å². The molecular weight excluding hydrogens is 391 g/mol. The molecule has 3 aromatic rings. The molecule has 0 fully saturated rings. The van der Waals surface area contributed by atoms with E-state index in [1.807, 2.05) is 0 Å². The SMILES string of the molecule is CS(=O)(=O)c1cnc(-c2ccc(Cl)cc2Cl)n1-c1ccc(Cl)cc1. The molecule has 1 heterocycles. The van der Waals surface area contributed by atoms with Crippen LogP contribution in [-0.2, 0) is 9.84 Å². The summed E-state index contributed by atoms with van der Waals surface area (Å²) in [6, 6.07) is 11.7. The van der Waals surface area contributed by atoms with E-state index in [1.165, 1.54) is 10.8 Å². The summed E-state index contributed by atoms with van der Waals surface area (Å²) in [4.78, 5) is 4.27. The third-order valence-corrected chi connectivity index (χ3v) is 5.21. The summed E-state index contributed by atoms with van der Waals surface area (Å²) in [7, 11) is -3.50. The van der Waals surface area contributed by atoms with E-state index in [9.17, 15) is 8.42 Å².